The summed E-state index contributed by atoms with van der Waals surface area (Å²) >= 11 is 4.33. The van der Waals surface area contributed by atoms with Gasteiger partial charge in [0, 0.05) is 10.5 Å². The van der Waals surface area contributed by atoms with E-state index in [0.29, 0.717) is 10.2 Å². The lowest BCUT2D eigenvalue weighted by Gasteiger charge is -2.02. The van der Waals surface area contributed by atoms with Crippen molar-refractivity contribution in [3.8, 4) is 0 Å². The van der Waals surface area contributed by atoms with Gasteiger partial charge in [-0.1, -0.05) is 5.16 Å². The first kappa shape index (κ1) is 11.8. The third kappa shape index (κ3) is 2.51. The molecule has 0 aliphatic carbocycles. The van der Waals surface area contributed by atoms with Gasteiger partial charge in [-0.15, -0.1) is 11.3 Å². The van der Waals surface area contributed by atoms with E-state index in [1.165, 1.54) is 6.26 Å². The molecule has 0 saturated carbocycles. The minimum absolute atomic E-state index is 0.114. The first-order valence-electron chi connectivity index (χ1n) is 4.21. The SMILES string of the molecule is O=S(=O)(NCc1ccon1)c1sccc1Br. The Hall–Kier alpha value is -0.700. The molecule has 8 heteroatoms. The third-order valence-electron chi connectivity index (χ3n) is 1.76. The van der Waals surface area contributed by atoms with Crippen LogP contribution in [0.3, 0.4) is 0 Å². The Morgan fingerprint density at radius 3 is 2.88 bits per heavy atom. The van der Waals surface area contributed by atoms with Crippen LogP contribution in [0.25, 0.3) is 0 Å². The van der Waals surface area contributed by atoms with E-state index in [2.05, 4.69) is 30.3 Å². The van der Waals surface area contributed by atoms with Gasteiger partial charge in [0.25, 0.3) is 10.0 Å². The summed E-state index contributed by atoms with van der Waals surface area (Å²) in [6.45, 7) is 0.114. The van der Waals surface area contributed by atoms with E-state index in [9.17, 15) is 8.42 Å². The molecular formula is C8H7BrN2O3S2. The van der Waals surface area contributed by atoms with Crippen LogP contribution >= 0.6 is 27.3 Å². The number of aromatic nitrogens is 1. The zero-order valence-corrected chi connectivity index (χ0v) is 11.1. The Morgan fingerprint density at radius 1 is 1.50 bits per heavy atom. The van der Waals surface area contributed by atoms with Crippen molar-refractivity contribution in [2.75, 3.05) is 0 Å². The number of rotatable bonds is 4. The molecule has 2 rings (SSSR count). The lowest BCUT2D eigenvalue weighted by Crippen LogP contribution is -2.22. The Labute approximate surface area is 105 Å². The van der Waals surface area contributed by atoms with Gasteiger partial charge in [0.05, 0.1) is 12.2 Å². The van der Waals surface area contributed by atoms with Gasteiger partial charge in [0.15, 0.2) is 0 Å². The van der Waals surface area contributed by atoms with Gasteiger partial charge in [0.2, 0.25) is 0 Å². The fourth-order valence-corrected chi connectivity index (χ4v) is 4.41. The highest BCUT2D eigenvalue weighted by Gasteiger charge is 2.18. The minimum atomic E-state index is -3.48. The lowest BCUT2D eigenvalue weighted by atomic mass is 10.5. The van der Waals surface area contributed by atoms with Crippen LogP contribution in [0.4, 0.5) is 0 Å². The summed E-state index contributed by atoms with van der Waals surface area (Å²) in [5, 5.41) is 5.32. The van der Waals surface area contributed by atoms with Crippen LogP contribution in [-0.4, -0.2) is 13.6 Å². The number of halogens is 1. The summed E-state index contributed by atoms with van der Waals surface area (Å²) in [5.41, 5.74) is 0.538. The van der Waals surface area contributed by atoms with Crippen LogP contribution < -0.4 is 4.72 Å². The summed E-state index contributed by atoms with van der Waals surface area (Å²) in [4.78, 5) is 0. The topological polar surface area (TPSA) is 72.2 Å². The molecule has 16 heavy (non-hydrogen) atoms. The number of nitrogens with one attached hydrogen (secondary N) is 1. The molecule has 2 heterocycles. The van der Waals surface area contributed by atoms with Gasteiger partial charge in [-0.05, 0) is 27.4 Å². The van der Waals surface area contributed by atoms with E-state index in [-0.39, 0.29) is 10.8 Å². The second-order valence-corrected chi connectivity index (χ2v) is 6.60. The number of nitrogens with zero attached hydrogens (tertiary/aromatic N) is 1. The molecule has 0 amide bonds. The summed E-state index contributed by atoms with van der Waals surface area (Å²) in [6.07, 6.45) is 1.39. The number of hydrogen-bond donors (Lipinski definition) is 1. The highest BCUT2D eigenvalue weighted by Crippen LogP contribution is 2.27. The van der Waals surface area contributed by atoms with Crippen LogP contribution in [0.2, 0.25) is 0 Å². The minimum Gasteiger partial charge on any atom is -0.364 e. The van der Waals surface area contributed by atoms with Crippen molar-refractivity contribution in [3.05, 3.63) is 33.9 Å². The van der Waals surface area contributed by atoms with Crippen LogP contribution in [0.5, 0.6) is 0 Å². The van der Waals surface area contributed by atoms with Crippen molar-refractivity contribution in [2.45, 2.75) is 10.8 Å². The number of hydrogen-bond acceptors (Lipinski definition) is 5. The molecule has 0 aliphatic heterocycles. The number of sulfonamides is 1. The van der Waals surface area contributed by atoms with E-state index < -0.39 is 10.0 Å². The molecule has 0 spiro atoms. The maximum Gasteiger partial charge on any atom is 0.251 e. The van der Waals surface area contributed by atoms with E-state index in [1.807, 2.05) is 0 Å². The summed E-state index contributed by atoms with van der Waals surface area (Å²) in [7, 11) is -3.48. The van der Waals surface area contributed by atoms with Gasteiger partial charge in [-0.3, -0.25) is 0 Å². The molecule has 0 aromatic carbocycles. The predicted octanol–water partition coefficient (Wildman–Crippen LogP) is 1.98. The van der Waals surface area contributed by atoms with Crippen molar-refractivity contribution < 1.29 is 12.9 Å². The van der Waals surface area contributed by atoms with E-state index in [4.69, 9.17) is 0 Å². The second kappa shape index (κ2) is 4.66. The van der Waals surface area contributed by atoms with Crippen LogP contribution in [-0.2, 0) is 16.6 Å². The Bertz CT molecular complexity index is 562. The lowest BCUT2D eigenvalue weighted by molar-refractivity contribution is 0.411. The second-order valence-electron chi connectivity index (χ2n) is 2.87. The number of thiophene rings is 1. The fraction of sp³-hybridized carbons (Fsp3) is 0.125. The molecule has 0 saturated heterocycles. The molecule has 0 atom stereocenters. The largest absolute Gasteiger partial charge is 0.364 e. The third-order valence-corrected chi connectivity index (χ3v) is 5.83. The zero-order valence-electron chi connectivity index (χ0n) is 7.88. The van der Waals surface area contributed by atoms with Crippen molar-refractivity contribution in [1.29, 1.82) is 0 Å². The summed E-state index contributed by atoms with van der Waals surface area (Å²) in [5.74, 6) is 0. The maximum atomic E-state index is 11.8. The smallest absolute Gasteiger partial charge is 0.251 e. The maximum absolute atomic E-state index is 11.8. The van der Waals surface area contributed by atoms with Gasteiger partial charge < -0.3 is 4.52 Å². The molecule has 0 unspecified atom stereocenters. The first-order chi connectivity index (χ1) is 7.59. The molecule has 0 radical (unpaired) electrons. The highest BCUT2D eigenvalue weighted by atomic mass is 79.9. The Kier molecular flexibility index (Phi) is 3.43. The van der Waals surface area contributed by atoms with Crippen LogP contribution in [0, 0.1) is 0 Å². The molecule has 2 aromatic rings. The van der Waals surface area contributed by atoms with Gasteiger partial charge in [0.1, 0.15) is 10.5 Å². The van der Waals surface area contributed by atoms with Gasteiger partial charge in [-0.2, -0.15) is 0 Å². The average molecular weight is 323 g/mol. The van der Waals surface area contributed by atoms with E-state index in [0.717, 1.165) is 11.3 Å². The van der Waals surface area contributed by atoms with E-state index in [1.54, 1.807) is 17.5 Å². The molecule has 86 valence electrons. The van der Waals surface area contributed by atoms with E-state index >= 15 is 0 Å². The fourth-order valence-electron chi connectivity index (χ4n) is 1.03. The highest BCUT2D eigenvalue weighted by molar-refractivity contribution is 9.10. The summed E-state index contributed by atoms with van der Waals surface area (Å²) < 4.78 is 31.5. The predicted molar refractivity (Wildman–Crippen MR) is 62.5 cm³/mol. The Balaban J connectivity index is 2.13. The average Bonchev–Trinajstić information content (AvgIpc) is 2.85. The standard InChI is InChI=1S/C8H7BrN2O3S2/c9-7-2-4-15-8(7)16(12,13)10-5-6-1-3-14-11-6/h1-4,10H,5H2. The molecule has 2 aromatic heterocycles. The first-order valence-corrected chi connectivity index (χ1v) is 7.37. The molecule has 0 bridgehead atoms. The van der Waals surface area contributed by atoms with Crippen molar-refractivity contribution in [3.63, 3.8) is 0 Å². The molecular weight excluding hydrogens is 316 g/mol. The molecule has 5 nitrogen and oxygen atoms in total. The van der Waals surface area contributed by atoms with Crippen LogP contribution in [0.1, 0.15) is 5.69 Å². The van der Waals surface area contributed by atoms with Crippen molar-refractivity contribution >= 4 is 37.3 Å². The van der Waals surface area contributed by atoms with Crippen LogP contribution in [0.15, 0.2) is 37.0 Å². The molecule has 0 fully saturated rings. The van der Waals surface area contributed by atoms with Gasteiger partial charge >= 0.3 is 0 Å². The molecule has 0 aliphatic rings. The zero-order chi connectivity index (χ0) is 11.6. The molecule has 1 N–H and O–H groups in total. The normalized spacial score (nSPS) is 11.8. The monoisotopic (exact) mass is 322 g/mol. The van der Waals surface area contributed by atoms with Gasteiger partial charge in [-0.25, -0.2) is 13.1 Å². The van der Waals surface area contributed by atoms with Crippen molar-refractivity contribution in [2.24, 2.45) is 0 Å². The van der Waals surface area contributed by atoms with Crippen molar-refractivity contribution in [1.82, 2.24) is 9.88 Å². The Morgan fingerprint density at radius 2 is 2.31 bits per heavy atom. The summed E-state index contributed by atoms with van der Waals surface area (Å²) in [6, 6.07) is 3.29. The quantitative estimate of drug-likeness (QED) is 0.934.